The maximum atomic E-state index is 10.8. The molecule has 82 valence electrons. The number of rotatable bonds is 4. The average molecular weight is 201 g/mol. The molecule has 14 heavy (non-hydrogen) atoms. The molecule has 0 atom stereocenters. The fraction of sp³-hybridized carbons (Fsp3) is 0.900. The molecule has 0 amide bonds. The predicted molar refractivity (Wildman–Crippen MR) is 52.9 cm³/mol. The first kappa shape index (κ1) is 11.5. The second-order valence-electron chi connectivity index (χ2n) is 3.75. The number of nitrogens with zero attached hydrogens (tertiary/aromatic N) is 1. The van der Waals surface area contributed by atoms with Crippen molar-refractivity contribution in [3.05, 3.63) is 0 Å². The van der Waals surface area contributed by atoms with Gasteiger partial charge in [0, 0.05) is 19.5 Å². The van der Waals surface area contributed by atoms with Crippen LogP contribution in [0.15, 0.2) is 0 Å². The summed E-state index contributed by atoms with van der Waals surface area (Å²) in [6.45, 7) is 2.83. The molecule has 4 nitrogen and oxygen atoms in total. The van der Waals surface area contributed by atoms with Gasteiger partial charge in [0.1, 0.15) is 0 Å². The van der Waals surface area contributed by atoms with E-state index in [1.54, 1.807) is 0 Å². The molecule has 0 aromatic rings. The Morgan fingerprint density at radius 3 is 2.71 bits per heavy atom. The molecule has 1 aliphatic heterocycles. The van der Waals surface area contributed by atoms with E-state index in [1.807, 2.05) is 0 Å². The van der Waals surface area contributed by atoms with Crippen molar-refractivity contribution in [3.63, 3.8) is 0 Å². The van der Waals surface area contributed by atoms with Gasteiger partial charge in [0.05, 0.1) is 13.2 Å². The van der Waals surface area contributed by atoms with E-state index in [-0.39, 0.29) is 12.1 Å². The van der Waals surface area contributed by atoms with Crippen LogP contribution in [0.1, 0.15) is 25.7 Å². The van der Waals surface area contributed by atoms with Crippen LogP contribution < -0.4 is 0 Å². The first-order valence-electron chi connectivity index (χ1n) is 5.19. The van der Waals surface area contributed by atoms with Crippen LogP contribution in [0.5, 0.6) is 0 Å². The van der Waals surface area contributed by atoms with E-state index in [4.69, 9.17) is 0 Å². The van der Waals surface area contributed by atoms with Crippen LogP contribution in [0.4, 0.5) is 0 Å². The number of methoxy groups -OCH3 is 1. The lowest BCUT2D eigenvalue weighted by Gasteiger charge is -2.29. The zero-order valence-electron chi connectivity index (χ0n) is 8.74. The van der Waals surface area contributed by atoms with Gasteiger partial charge >= 0.3 is 5.97 Å². The molecular formula is C10H19NO3. The molecule has 1 rings (SSSR count). The summed E-state index contributed by atoms with van der Waals surface area (Å²) in [7, 11) is 1.42. The summed E-state index contributed by atoms with van der Waals surface area (Å²) in [5.74, 6) is -0.137. The fourth-order valence-corrected chi connectivity index (χ4v) is 1.69. The molecule has 1 fully saturated rings. The highest BCUT2D eigenvalue weighted by Crippen LogP contribution is 2.10. The Bertz CT molecular complexity index is 176. The van der Waals surface area contributed by atoms with Crippen LogP contribution in [0.3, 0.4) is 0 Å². The molecule has 0 aromatic carbocycles. The van der Waals surface area contributed by atoms with E-state index in [1.165, 1.54) is 7.11 Å². The molecule has 0 unspecified atom stereocenters. The summed E-state index contributed by atoms with van der Waals surface area (Å²) >= 11 is 0. The van der Waals surface area contributed by atoms with Crippen LogP contribution in [-0.2, 0) is 9.53 Å². The SMILES string of the molecule is COC(=O)CCCN1CCC(O)CC1. The minimum Gasteiger partial charge on any atom is -0.469 e. The van der Waals surface area contributed by atoms with E-state index in [2.05, 4.69) is 9.64 Å². The second-order valence-corrected chi connectivity index (χ2v) is 3.75. The number of aliphatic hydroxyl groups is 1. The van der Waals surface area contributed by atoms with Crippen LogP contribution >= 0.6 is 0 Å². The van der Waals surface area contributed by atoms with Gasteiger partial charge in [0.25, 0.3) is 0 Å². The Kier molecular flexibility index (Phi) is 4.90. The van der Waals surface area contributed by atoms with E-state index < -0.39 is 0 Å². The Balaban J connectivity index is 2.04. The molecule has 4 heteroatoms. The summed E-state index contributed by atoms with van der Waals surface area (Å²) in [4.78, 5) is 13.1. The van der Waals surface area contributed by atoms with Crippen molar-refractivity contribution in [1.29, 1.82) is 0 Å². The van der Waals surface area contributed by atoms with Gasteiger partial charge in [-0.3, -0.25) is 4.79 Å². The molecule has 1 N–H and O–H groups in total. The summed E-state index contributed by atoms with van der Waals surface area (Å²) in [5.41, 5.74) is 0. The monoisotopic (exact) mass is 201 g/mol. The van der Waals surface area contributed by atoms with Crippen molar-refractivity contribution in [1.82, 2.24) is 4.90 Å². The predicted octanol–water partition coefficient (Wildman–Crippen LogP) is 0.396. The summed E-state index contributed by atoms with van der Waals surface area (Å²) < 4.78 is 4.56. The maximum absolute atomic E-state index is 10.8. The molecule has 0 radical (unpaired) electrons. The third-order valence-electron chi connectivity index (χ3n) is 2.64. The van der Waals surface area contributed by atoms with E-state index >= 15 is 0 Å². The fourth-order valence-electron chi connectivity index (χ4n) is 1.69. The standard InChI is InChI=1S/C10H19NO3/c1-14-10(13)3-2-6-11-7-4-9(12)5-8-11/h9,12H,2-8H2,1H3. The molecule has 0 aliphatic carbocycles. The van der Waals surface area contributed by atoms with Crippen LogP contribution in [0.2, 0.25) is 0 Å². The maximum Gasteiger partial charge on any atom is 0.305 e. The molecule has 0 saturated carbocycles. The highest BCUT2D eigenvalue weighted by atomic mass is 16.5. The number of likely N-dealkylation sites (tertiary alicyclic amines) is 1. The number of ether oxygens (including phenoxy) is 1. The molecular weight excluding hydrogens is 182 g/mol. The van der Waals surface area contributed by atoms with Gasteiger partial charge in [0.2, 0.25) is 0 Å². The minimum absolute atomic E-state index is 0.119. The molecule has 1 heterocycles. The summed E-state index contributed by atoms with van der Waals surface area (Å²) in [5, 5.41) is 9.28. The molecule has 1 aliphatic rings. The number of piperidine rings is 1. The molecule has 0 spiro atoms. The number of carbonyl (C=O) groups excluding carboxylic acids is 1. The number of aliphatic hydroxyl groups excluding tert-OH is 1. The lowest BCUT2D eigenvalue weighted by Crippen LogP contribution is -2.36. The van der Waals surface area contributed by atoms with E-state index in [0.717, 1.165) is 38.9 Å². The van der Waals surface area contributed by atoms with Gasteiger partial charge in [-0.05, 0) is 25.8 Å². The second kappa shape index (κ2) is 5.98. The number of hydrogen-bond acceptors (Lipinski definition) is 4. The normalized spacial score (nSPS) is 19.6. The summed E-state index contributed by atoms with van der Waals surface area (Å²) in [6, 6.07) is 0. The number of hydrogen-bond donors (Lipinski definition) is 1. The molecule has 0 bridgehead atoms. The van der Waals surface area contributed by atoms with Crippen molar-refractivity contribution in [2.75, 3.05) is 26.7 Å². The molecule has 0 aromatic heterocycles. The van der Waals surface area contributed by atoms with Gasteiger partial charge < -0.3 is 14.7 Å². The minimum atomic E-state index is -0.137. The topological polar surface area (TPSA) is 49.8 Å². The highest BCUT2D eigenvalue weighted by molar-refractivity contribution is 5.69. The Morgan fingerprint density at radius 2 is 2.14 bits per heavy atom. The smallest absolute Gasteiger partial charge is 0.305 e. The zero-order valence-corrected chi connectivity index (χ0v) is 8.74. The van der Waals surface area contributed by atoms with Crippen molar-refractivity contribution >= 4 is 5.97 Å². The van der Waals surface area contributed by atoms with Crippen molar-refractivity contribution in [2.24, 2.45) is 0 Å². The lowest BCUT2D eigenvalue weighted by molar-refractivity contribution is -0.140. The van der Waals surface area contributed by atoms with Gasteiger partial charge in [0.15, 0.2) is 0 Å². The highest BCUT2D eigenvalue weighted by Gasteiger charge is 2.16. The number of carbonyl (C=O) groups is 1. The third kappa shape index (κ3) is 4.07. The van der Waals surface area contributed by atoms with Crippen molar-refractivity contribution in [3.8, 4) is 0 Å². The van der Waals surface area contributed by atoms with Gasteiger partial charge in [-0.2, -0.15) is 0 Å². The zero-order chi connectivity index (χ0) is 10.4. The lowest BCUT2D eigenvalue weighted by atomic mass is 10.1. The van der Waals surface area contributed by atoms with Crippen molar-refractivity contribution < 1.29 is 14.6 Å². The first-order chi connectivity index (χ1) is 6.72. The Labute approximate surface area is 84.8 Å². The van der Waals surface area contributed by atoms with Crippen LogP contribution in [0, 0.1) is 0 Å². The van der Waals surface area contributed by atoms with E-state index in [0.29, 0.717) is 6.42 Å². The largest absolute Gasteiger partial charge is 0.469 e. The quantitative estimate of drug-likeness (QED) is 0.669. The van der Waals surface area contributed by atoms with Crippen LogP contribution in [0.25, 0.3) is 0 Å². The van der Waals surface area contributed by atoms with Crippen molar-refractivity contribution in [2.45, 2.75) is 31.8 Å². The first-order valence-corrected chi connectivity index (χ1v) is 5.19. The van der Waals surface area contributed by atoms with Gasteiger partial charge in [-0.15, -0.1) is 0 Å². The average Bonchev–Trinajstić information content (AvgIpc) is 2.21. The Morgan fingerprint density at radius 1 is 1.50 bits per heavy atom. The molecule has 1 saturated heterocycles. The van der Waals surface area contributed by atoms with Crippen LogP contribution in [-0.4, -0.2) is 48.8 Å². The third-order valence-corrected chi connectivity index (χ3v) is 2.64. The number of esters is 1. The Hall–Kier alpha value is -0.610. The van der Waals surface area contributed by atoms with Gasteiger partial charge in [-0.1, -0.05) is 0 Å². The summed E-state index contributed by atoms with van der Waals surface area (Å²) in [6.07, 6.45) is 2.95. The van der Waals surface area contributed by atoms with E-state index in [9.17, 15) is 9.90 Å². The van der Waals surface area contributed by atoms with Gasteiger partial charge in [-0.25, -0.2) is 0 Å².